The molecule has 2 unspecified atom stereocenters. The summed E-state index contributed by atoms with van der Waals surface area (Å²) in [6.07, 6.45) is 69.7. The second-order valence-corrected chi connectivity index (χ2v) is 21.4. The van der Waals surface area contributed by atoms with Gasteiger partial charge in [-0.2, -0.15) is 0 Å². The first-order valence-corrected chi connectivity index (χ1v) is 31.0. The first-order valence-electron chi connectivity index (χ1n) is 31.0. The minimum atomic E-state index is -0.842. The molecule has 0 fully saturated rings. The summed E-state index contributed by atoms with van der Waals surface area (Å²) in [6.45, 7) is 4.93. The van der Waals surface area contributed by atoms with Crippen LogP contribution in [0.25, 0.3) is 0 Å². The molecule has 0 bridgehead atoms. The summed E-state index contributed by atoms with van der Waals surface area (Å²) in [6, 6.07) is -0.626. The van der Waals surface area contributed by atoms with Crippen LogP contribution in [0.3, 0.4) is 0 Å². The van der Waals surface area contributed by atoms with E-state index in [9.17, 15) is 19.8 Å². The quantitative estimate of drug-likeness (QED) is 0.0321. The van der Waals surface area contributed by atoms with Gasteiger partial charge in [0.15, 0.2) is 0 Å². The number of allylic oxidation sites excluding steroid dienone is 1. The molecule has 0 aliphatic carbocycles. The normalized spacial score (nSPS) is 12.6. The lowest BCUT2D eigenvalue weighted by Gasteiger charge is -2.20. The number of rotatable bonds is 58. The molecule has 0 radical (unpaired) electrons. The van der Waals surface area contributed by atoms with Crippen molar-refractivity contribution in [2.75, 3.05) is 13.2 Å². The van der Waals surface area contributed by atoms with Crippen LogP contribution < -0.4 is 5.32 Å². The highest BCUT2D eigenvalue weighted by molar-refractivity contribution is 5.76. The number of hydrogen-bond donors (Lipinski definition) is 3. The second-order valence-electron chi connectivity index (χ2n) is 21.4. The van der Waals surface area contributed by atoms with E-state index < -0.39 is 12.1 Å². The highest BCUT2D eigenvalue weighted by Crippen LogP contribution is 2.18. The Labute approximate surface area is 425 Å². The average molecular weight is 961 g/mol. The molecule has 0 rings (SSSR count). The Bertz CT molecular complexity index is 1020. The topological polar surface area (TPSA) is 95.9 Å². The first kappa shape index (κ1) is 66.6. The third-order valence-corrected chi connectivity index (χ3v) is 14.6. The van der Waals surface area contributed by atoms with Crippen molar-refractivity contribution in [2.24, 2.45) is 0 Å². The number of aliphatic hydroxyl groups excluding tert-OH is 2. The van der Waals surface area contributed by atoms with Gasteiger partial charge in [0.05, 0.1) is 25.4 Å². The molecule has 0 aliphatic rings. The van der Waals surface area contributed by atoms with Crippen LogP contribution in [0.5, 0.6) is 0 Å². The summed E-state index contributed by atoms with van der Waals surface area (Å²) < 4.78 is 5.49. The molecule has 404 valence electrons. The Kier molecular flexibility index (Phi) is 57.0. The van der Waals surface area contributed by atoms with Gasteiger partial charge in [-0.25, -0.2) is 0 Å². The maximum atomic E-state index is 12.5. The number of hydrogen-bond acceptors (Lipinski definition) is 5. The SMILES string of the molecule is CCCCCCCCCCCCCC/C=C/C(O)C(CO)NC(=O)CCCCCCCCCCCCCCCCCCCCCCCCCOC(=O)CCCCCCCCCCCCCCCC. The van der Waals surface area contributed by atoms with Crippen LogP contribution in [0.1, 0.15) is 348 Å². The molecule has 0 saturated carbocycles. The number of aliphatic hydroxyl groups is 2. The van der Waals surface area contributed by atoms with E-state index in [0.29, 0.717) is 19.4 Å². The molecule has 2 atom stereocenters. The summed E-state index contributed by atoms with van der Waals surface area (Å²) in [7, 11) is 0. The van der Waals surface area contributed by atoms with Gasteiger partial charge in [0.2, 0.25) is 5.91 Å². The summed E-state index contributed by atoms with van der Waals surface area (Å²) in [5, 5.41) is 23.1. The van der Waals surface area contributed by atoms with E-state index >= 15 is 0 Å². The fourth-order valence-electron chi connectivity index (χ4n) is 9.81. The first-order chi connectivity index (χ1) is 33.5. The Hall–Kier alpha value is -1.40. The van der Waals surface area contributed by atoms with Gasteiger partial charge >= 0.3 is 5.97 Å². The van der Waals surface area contributed by atoms with Gasteiger partial charge in [0.25, 0.3) is 0 Å². The van der Waals surface area contributed by atoms with Gasteiger partial charge in [-0.3, -0.25) is 9.59 Å². The van der Waals surface area contributed by atoms with Crippen molar-refractivity contribution in [1.29, 1.82) is 0 Å². The van der Waals surface area contributed by atoms with Crippen LogP contribution in [0.2, 0.25) is 0 Å². The van der Waals surface area contributed by atoms with Crippen molar-refractivity contribution in [3.8, 4) is 0 Å². The Morgan fingerprint density at radius 1 is 0.397 bits per heavy atom. The van der Waals surface area contributed by atoms with Crippen molar-refractivity contribution in [3.05, 3.63) is 12.2 Å². The largest absolute Gasteiger partial charge is 0.466 e. The fraction of sp³-hybridized carbons (Fsp3) is 0.935. The van der Waals surface area contributed by atoms with Crippen LogP contribution in [0, 0.1) is 0 Å². The molecular weight excluding hydrogens is 839 g/mol. The molecule has 3 N–H and O–H groups in total. The molecule has 1 amide bonds. The Morgan fingerprint density at radius 3 is 1.00 bits per heavy atom. The molecule has 68 heavy (non-hydrogen) atoms. The maximum absolute atomic E-state index is 12.5. The van der Waals surface area contributed by atoms with Crippen LogP contribution >= 0.6 is 0 Å². The van der Waals surface area contributed by atoms with E-state index in [0.717, 1.165) is 38.5 Å². The van der Waals surface area contributed by atoms with E-state index in [1.54, 1.807) is 6.08 Å². The molecule has 0 aromatic rings. The van der Waals surface area contributed by atoms with Crippen molar-refractivity contribution in [2.45, 2.75) is 360 Å². The molecule has 6 nitrogen and oxygen atoms in total. The Morgan fingerprint density at radius 2 is 0.676 bits per heavy atom. The van der Waals surface area contributed by atoms with Gasteiger partial charge in [0, 0.05) is 12.8 Å². The zero-order chi connectivity index (χ0) is 49.3. The van der Waals surface area contributed by atoms with E-state index in [1.807, 2.05) is 6.08 Å². The number of carbonyl (C=O) groups is 2. The molecule has 0 spiro atoms. The number of amides is 1. The van der Waals surface area contributed by atoms with E-state index in [1.165, 1.54) is 283 Å². The smallest absolute Gasteiger partial charge is 0.305 e. The highest BCUT2D eigenvalue weighted by Gasteiger charge is 2.18. The van der Waals surface area contributed by atoms with E-state index in [4.69, 9.17) is 4.74 Å². The predicted molar refractivity (Wildman–Crippen MR) is 297 cm³/mol. The molecular formula is C62H121NO5. The number of unbranched alkanes of at least 4 members (excludes halogenated alkanes) is 47. The monoisotopic (exact) mass is 960 g/mol. The number of esters is 1. The third-order valence-electron chi connectivity index (χ3n) is 14.6. The lowest BCUT2D eigenvalue weighted by Crippen LogP contribution is -2.45. The third kappa shape index (κ3) is 53.9. The zero-order valence-electron chi connectivity index (χ0n) is 46.1. The zero-order valence-corrected chi connectivity index (χ0v) is 46.1. The van der Waals surface area contributed by atoms with Crippen molar-refractivity contribution < 1.29 is 24.5 Å². The second kappa shape index (κ2) is 58.2. The van der Waals surface area contributed by atoms with Crippen molar-refractivity contribution in [3.63, 3.8) is 0 Å². The summed E-state index contributed by atoms with van der Waals surface area (Å²) in [5.41, 5.74) is 0. The number of ether oxygens (including phenoxy) is 1. The van der Waals surface area contributed by atoms with E-state index in [2.05, 4.69) is 19.2 Å². The lowest BCUT2D eigenvalue weighted by atomic mass is 10.0. The summed E-state index contributed by atoms with van der Waals surface area (Å²) >= 11 is 0. The molecule has 0 aromatic carbocycles. The molecule has 0 aliphatic heterocycles. The summed E-state index contributed by atoms with van der Waals surface area (Å²) in [4.78, 5) is 24.5. The van der Waals surface area contributed by atoms with Gasteiger partial charge in [-0.05, 0) is 32.1 Å². The van der Waals surface area contributed by atoms with Gasteiger partial charge in [0.1, 0.15) is 0 Å². The maximum Gasteiger partial charge on any atom is 0.305 e. The minimum Gasteiger partial charge on any atom is -0.466 e. The average Bonchev–Trinajstić information content (AvgIpc) is 3.34. The minimum absolute atomic E-state index is 0.0167. The van der Waals surface area contributed by atoms with Crippen LogP contribution in [-0.2, 0) is 14.3 Å². The Balaban J connectivity index is 3.37. The lowest BCUT2D eigenvalue weighted by molar-refractivity contribution is -0.143. The van der Waals surface area contributed by atoms with Crippen LogP contribution in [0.15, 0.2) is 12.2 Å². The van der Waals surface area contributed by atoms with Gasteiger partial charge < -0.3 is 20.3 Å². The molecule has 6 heteroatoms. The molecule has 0 saturated heterocycles. The molecule has 0 heterocycles. The van der Waals surface area contributed by atoms with Crippen LogP contribution in [-0.4, -0.2) is 47.4 Å². The van der Waals surface area contributed by atoms with Crippen molar-refractivity contribution >= 4 is 11.9 Å². The standard InChI is InChI=1S/C62H121NO5/c1-3-5-7-9-11-13-15-17-30-34-38-42-46-50-54-60(65)59(58-64)63-61(66)55-51-47-43-39-35-31-28-26-24-22-20-19-21-23-25-27-29-33-37-41-45-49-53-57-68-62(67)56-52-48-44-40-36-32-18-16-14-12-10-8-6-4-2/h50,54,59-60,64-65H,3-49,51-53,55-58H2,1-2H3,(H,63,66)/b54-50+. The van der Waals surface area contributed by atoms with Gasteiger partial charge in [-0.15, -0.1) is 0 Å². The van der Waals surface area contributed by atoms with Crippen LogP contribution in [0.4, 0.5) is 0 Å². The number of carbonyl (C=O) groups excluding carboxylic acids is 2. The fourth-order valence-corrected chi connectivity index (χ4v) is 9.81. The highest BCUT2D eigenvalue weighted by atomic mass is 16.5. The predicted octanol–water partition coefficient (Wildman–Crippen LogP) is 19.2. The van der Waals surface area contributed by atoms with E-state index in [-0.39, 0.29) is 18.5 Å². The summed E-state index contributed by atoms with van der Waals surface area (Å²) in [5.74, 6) is -0.0489. The van der Waals surface area contributed by atoms with Crippen molar-refractivity contribution in [1.82, 2.24) is 5.32 Å². The number of nitrogens with one attached hydrogen (secondary N) is 1. The molecule has 0 aromatic heterocycles. The van der Waals surface area contributed by atoms with Gasteiger partial charge in [-0.1, -0.05) is 315 Å².